The Bertz CT molecular complexity index is 779. The molecule has 0 bridgehead atoms. The Hall–Kier alpha value is -2.24. The molecule has 2 rings (SSSR count). The summed E-state index contributed by atoms with van der Waals surface area (Å²) in [5.41, 5.74) is 1.52. The van der Waals surface area contributed by atoms with Crippen molar-refractivity contribution < 1.29 is 14.3 Å². The van der Waals surface area contributed by atoms with Gasteiger partial charge in [0.2, 0.25) is 5.91 Å². The molecule has 0 saturated heterocycles. The van der Waals surface area contributed by atoms with Crippen molar-refractivity contribution >= 4 is 40.7 Å². The van der Waals surface area contributed by atoms with Crippen LogP contribution in [-0.2, 0) is 9.59 Å². The fourth-order valence-electron chi connectivity index (χ4n) is 2.24. The molecule has 2 amide bonds. The van der Waals surface area contributed by atoms with Gasteiger partial charge in [-0.25, -0.2) is 0 Å². The fourth-order valence-corrected chi connectivity index (χ4v) is 2.53. The maximum Gasteiger partial charge on any atom is 0.260 e. The van der Waals surface area contributed by atoms with E-state index in [2.05, 4.69) is 5.32 Å². The molecule has 0 spiro atoms. The fraction of sp³-hybridized carbons (Fsp3) is 0.263. The number of ether oxygens (including phenoxy) is 1. The van der Waals surface area contributed by atoms with Crippen molar-refractivity contribution in [2.75, 3.05) is 25.0 Å². The summed E-state index contributed by atoms with van der Waals surface area (Å²) in [6.45, 7) is 3.85. The van der Waals surface area contributed by atoms with E-state index in [-0.39, 0.29) is 25.0 Å². The van der Waals surface area contributed by atoms with Gasteiger partial charge in [-0.1, -0.05) is 29.3 Å². The van der Waals surface area contributed by atoms with Crippen LogP contribution in [0.3, 0.4) is 0 Å². The van der Waals surface area contributed by atoms with Crippen LogP contribution in [0.15, 0.2) is 42.5 Å². The van der Waals surface area contributed by atoms with E-state index < -0.39 is 0 Å². The van der Waals surface area contributed by atoms with Gasteiger partial charge in [-0.2, -0.15) is 0 Å². The molecular weight excluding hydrogens is 375 g/mol. The molecule has 1 N–H and O–H groups in total. The topological polar surface area (TPSA) is 58.6 Å². The Morgan fingerprint density at radius 2 is 1.73 bits per heavy atom. The summed E-state index contributed by atoms with van der Waals surface area (Å²) in [6.07, 6.45) is 0. The molecule has 0 radical (unpaired) electrons. The van der Waals surface area contributed by atoms with Gasteiger partial charge >= 0.3 is 0 Å². The Balaban J connectivity index is 1.90. The summed E-state index contributed by atoms with van der Waals surface area (Å²) in [5, 5.41) is 3.90. The molecule has 138 valence electrons. The zero-order chi connectivity index (χ0) is 19.1. The molecule has 0 aromatic heterocycles. The van der Waals surface area contributed by atoms with Gasteiger partial charge in [-0.3, -0.25) is 9.59 Å². The lowest BCUT2D eigenvalue weighted by molar-refractivity contribution is -0.136. The molecule has 0 fully saturated rings. The van der Waals surface area contributed by atoms with Crippen LogP contribution in [0.5, 0.6) is 5.75 Å². The molecule has 26 heavy (non-hydrogen) atoms. The van der Waals surface area contributed by atoms with Crippen LogP contribution in [0.2, 0.25) is 10.0 Å². The van der Waals surface area contributed by atoms with Crippen LogP contribution < -0.4 is 10.1 Å². The SMILES string of the molecule is CCN(CC(=O)Nc1cc(Cl)ccc1C)C(=O)COc1ccc(Cl)cc1. The minimum absolute atomic E-state index is 0.0642. The van der Waals surface area contributed by atoms with E-state index in [9.17, 15) is 9.59 Å². The summed E-state index contributed by atoms with van der Waals surface area (Å²) in [5.74, 6) is -0.0321. The van der Waals surface area contributed by atoms with Crippen LogP contribution in [0, 0.1) is 6.92 Å². The normalized spacial score (nSPS) is 10.3. The summed E-state index contributed by atoms with van der Waals surface area (Å²) in [7, 11) is 0. The van der Waals surface area contributed by atoms with Crippen molar-refractivity contribution in [1.82, 2.24) is 4.90 Å². The van der Waals surface area contributed by atoms with Crippen LogP contribution in [0.4, 0.5) is 5.69 Å². The molecule has 0 heterocycles. The lowest BCUT2D eigenvalue weighted by atomic mass is 10.2. The number of rotatable bonds is 7. The van der Waals surface area contributed by atoms with Crippen LogP contribution in [-0.4, -0.2) is 36.4 Å². The van der Waals surface area contributed by atoms with E-state index in [0.29, 0.717) is 28.0 Å². The highest BCUT2D eigenvalue weighted by atomic mass is 35.5. The number of likely N-dealkylation sites (N-methyl/N-ethyl adjacent to an activating group) is 1. The highest BCUT2D eigenvalue weighted by Gasteiger charge is 2.17. The Kier molecular flexibility index (Phi) is 7.30. The van der Waals surface area contributed by atoms with Gasteiger partial charge in [0.25, 0.3) is 5.91 Å². The van der Waals surface area contributed by atoms with E-state index >= 15 is 0 Å². The highest BCUT2D eigenvalue weighted by molar-refractivity contribution is 6.31. The van der Waals surface area contributed by atoms with Gasteiger partial charge < -0.3 is 15.0 Å². The van der Waals surface area contributed by atoms with Crippen molar-refractivity contribution in [2.45, 2.75) is 13.8 Å². The third-order valence-electron chi connectivity index (χ3n) is 3.72. The highest BCUT2D eigenvalue weighted by Crippen LogP contribution is 2.20. The number of amides is 2. The van der Waals surface area contributed by atoms with E-state index in [1.165, 1.54) is 4.90 Å². The summed E-state index contributed by atoms with van der Waals surface area (Å²) in [6, 6.07) is 12.0. The van der Waals surface area contributed by atoms with Crippen molar-refractivity contribution in [1.29, 1.82) is 0 Å². The van der Waals surface area contributed by atoms with E-state index in [1.54, 1.807) is 43.3 Å². The van der Waals surface area contributed by atoms with Crippen molar-refractivity contribution in [3.05, 3.63) is 58.1 Å². The first kappa shape index (κ1) is 20.1. The van der Waals surface area contributed by atoms with E-state index in [4.69, 9.17) is 27.9 Å². The lowest BCUT2D eigenvalue weighted by Crippen LogP contribution is -2.40. The Labute approximate surface area is 162 Å². The van der Waals surface area contributed by atoms with Gasteiger partial charge in [-0.05, 0) is 55.8 Å². The van der Waals surface area contributed by atoms with Crippen LogP contribution >= 0.6 is 23.2 Å². The zero-order valence-corrected chi connectivity index (χ0v) is 16.1. The second-order valence-corrected chi connectivity index (χ2v) is 6.53. The number of anilines is 1. The van der Waals surface area contributed by atoms with E-state index in [1.807, 2.05) is 13.0 Å². The average Bonchev–Trinajstić information content (AvgIpc) is 2.62. The quantitative estimate of drug-likeness (QED) is 0.766. The summed E-state index contributed by atoms with van der Waals surface area (Å²) in [4.78, 5) is 26.0. The van der Waals surface area contributed by atoms with Gasteiger partial charge in [0.1, 0.15) is 5.75 Å². The first-order chi connectivity index (χ1) is 12.4. The number of carbonyl (C=O) groups excluding carboxylic acids is 2. The Morgan fingerprint density at radius 3 is 2.38 bits per heavy atom. The van der Waals surface area contributed by atoms with Gasteiger partial charge in [0.15, 0.2) is 6.61 Å². The molecule has 0 aliphatic heterocycles. The molecule has 2 aromatic rings. The first-order valence-corrected chi connectivity index (χ1v) is 8.86. The maximum atomic E-state index is 12.3. The molecule has 5 nitrogen and oxygen atoms in total. The third kappa shape index (κ3) is 5.93. The minimum Gasteiger partial charge on any atom is -0.484 e. The van der Waals surface area contributed by atoms with Gasteiger partial charge in [0.05, 0.1) is 6.54 Å². The molecule has 0 atom stereocenters. The number of carbonyl (C=O) groups is 2. The standard InChI is InChI=1S/C19H20Cl2N2O3/c1-3-23(19(25)12-26-16-8-6-14(20)7-9-16)11-18(24)22-17-10-15(21)5-4-13(17)2/h4-10H,3,11-12H2,1-2H3,(H,22,24). The predicted molar refractivity (Wildman–Crippen MR) is 104 cm³/mol. The second kappa shape index (κ2) is 9.46. The van der Waals surface area contributed by atoms with Gasteiger partial charge in [0, 0.05) is 22.3 Å². The predicted octanol–water partition coefficient (Wildman–Crippen LogP) is 4.17. The van der Waals surface area contributed by atoms with Crippen molar-refractivity contribution in [3.8, 4) is 5.75 Å². The molecule has 0 aliphatic rings. The molecular formula is C19H20Cl2N2O3. The van der Waals surface area contributed by atoms with Gasteiger partial charge in [-0.15, -0.1) is 0 Å². The number of nitrogens with one attached hydrogen (secondary N) is 1. The second-order valence-electron chi connectivity index (χ2n) is 5.66. The Morgan fingerprint density at radius 1 is 1.08 bits per heavy atom. The molecule has 0 unspecified atom stereocenters. The largest absolute Gasteiger partial charge is 0.484 e. The molecule has 0 aliphatic carbocycles. The number of hydrogen-bond acceptors (Lipinski definition) is 3. The number of nitrogens with zero attached hydrogens (tertiary/aromatic N) is 1. The maximum absolute atomic E-state index is 12.3. The third-order valence-corrected chi connectivity index (χ3v) is 4.21. The number of hydrogen-bond donors (Lipinski definition) is 1. The lowest BCUT2D eigenvalue weighted by Gasteiger charge is -2.21. The van der Waals surface area contributed by atoms with Crippen molar-refractivity contribution in [2.24, 2.45) is 0 Å². The first-order valence-electron chi connectivity index (χ1n) is 8.11. The molecule has 2 aromatic carbocycles. The number of halogens is 2. The zero-order valence-electron chi connectivity index (χ0n) is 14.6. The monoisotopic (exact) mass is 394 g/mol. The smallest absolute Gasteiger partial charge is 0.260 e. The summed E-state index contributed by atoms with van der Waals surface area (Å²) < 4.78 is 5.44. The van der Waals surface area contributed by atoms with E-state index in [0.717, 1.165) is 5.56 Å². The minimum atomic E-state index is -0.294. The van der Waals surface area contributed by atoms with Crippen molar-refractivity contribution in [3.63, 3.8) is 0 Å². The molecule has 0 saturated carbocycles. The average molecular weight is 395 g/mol. The van der Waals surface area contributed by atoms with Crippen LogP contribution in [0.1, 0.15) is 12.5 Å². The summed E-state index contributed by atoms with van der Waals surface area (Å²) >= 11 is 11.8. The van der Waals surface area contributed by atoms with Crippen LogP contribution in [0.25, 0.3) is 0 Å². The number of aryl methyl sites for hydroxylation is 1. The number of benzene rings is 2. The molecule has 7 heteroatoms.